The third kappa shape index (κ3) is 5.12. The second-order valence-electron chi connectivity index (χ2n) is 6.39. The van der Waals surface area contributed by atoms with E-state index in [0.29, 0.717) is 0 Å². The van der Waals surface area contributed by atoms with E-state index in [1.54, 1.807) is 6.92 Å². The van der Waals surface area contributed by atoms with Gasteiger partial charge in [0.05, 0.1) is 0 Å². The van der Waals surface area contributed by atoms with Gasteiger partial charge in [0.15, 0.2) is 6.10 Å². The van der Waals surface area contributed by atoms with E-state index in [0.717, 1.165) is 29.7 Å². The van der Waals surface area contributed by atoms with E-state index >= 15 is 0 Å². The zero-order valence-electron chi connectivity index (χ0n) is 15.0. The number of aryl methyl sites for hydroxylation is 2. The van der Waals surface area contributed by atoms with E-state index in [9.17, 15) is 4.79 Å². The van der Waals surface area contributed by atoms with Crippen LogP contribution in [0.5, 0.6) is 5.75 Å². The highest BCUT2D eigenvalue weighted by molar-refractivity contribution is 5.81. The SMILES string of the molecule is Cc1cccc(O[C@H](C)C(=O)N[C@H](C)CCc2ccccc2)c1C. The van der Waals surface area contributed by atoms with Crippen LogP contribution in [0.2, 0.25) is 0 Å². The molecule has 0 bridgehead atoms. The third-order valence-electron chi connectivity index (χ3n) is 4.33. The number of carbonyl (C=O) groups excluding carboxylic acids is 1. The Kier molecular flexibility index (Phi) is 6.42. The number of ether oxygens (including phenoxy) is 1. The van der Waals surface area contributed by atoms with Gasteiger partial charge < -0.3 is 10.1 Å². The van der Waals surface area contributed by atoms with Gasteiger partial charge in [0, 0.05) is 6.04 Å². The zero-order valence-corrected chi connectivity index (χ0v) is 15.0. The summed E-state index contributed by atoms with van der Waals surface area (Å²) in [5, 5.41) is 3.04. The molecule has 3 heteroatoms. The first-order valence-electron chi connectivity index (χ1n) is 8.54. The number of carbonyl (C=O) groups is 1. The molecular weight excluding hydrogens is 298 g/mol. The molecule has 0 saturated heterocycles. The van der Waals surface area contributed by atoms with Crippen molar-refractivity contribution in [3.05, 3.63) is 65.2 Å². The number of rotatable bonds is 7. The fourth-order valence-corrected chi connectivity index (χ4v) is 2.56. The van der Waals surface area contributed by atoms with Crippen LogP contribution in [0.3, 0.4) is 0 Å². The van der Waals surface area contributed by atoms with Crippen molar-refractivity contribution in [2.45, 2.75) is 52.7 Å². The van der Waals surface area contributed by atoms with Gasteiger partial charge in [-0.25, -0.2) is 0 Å². The molecule has 0 aliphatic rings. The minimum Gasteiger partial charge on any atom is -0.481 e. The van der Waals surface area contributed by atoms with Crippen LogP contribution >= 0.6 is 0 Å². The van der Waals surface area contributed by atoms with Crippen molar-refractivity contribution < 1.29 is 9.53 Å². The van der Waals surface area contributed by atoms with Crippen molar-refractivity contribution in [2.75, 3.05) is 0 Å². The van der Waals surface area contributed by atoms with Crippen LogP contribution in [0, 0.1) is 13.8 Å². The average molecular weight is 325 g/mol. The molecule has 3 nitrogen and oxygen atoms in total. The maximum atomic E-state index is 12.3. The van der Waals surface area contributed by atoms with Crippen LogP contribution < -0.4 is 10.1 Å². The van der Waals surface area contributed by atoms with Crippen molar-refractivity contribution in [3.63, 3.8) is 0 Å². The number of benzene rings is 2. The van der Waals surface area contributed by atoms with E-state index in [4.69, 9.17) is 4.74 Å². The Balaban J connectivity index is 1.83. The summed E-state index contributed by atoms with van der Waals surface area (Å²) in [6.45, 7) is 7.88. The molecule has 0 saturated carbocycles. The molecule has 0 heterocycles. The number of hydrogen-bond acceptors (Lipinski definition) is 2. The average Bonchev–Trinajstić information content (AvgIpc) is 2.58. The van der Waals surface area contributed by atoms with E-state index in [1.807, 2.05) is 57.2 Å². The second-order valence-corrected chi connectivity index (χ2v) is 6.39. The van der Waals surface area contributed by atoms with Crippen molar-refractivity contribution >= 4 is 5.91 Å². The smallest absolute Gasteiger partial charge is 0.260 e. The predicted octanol–water partition coefficient (Wildman–Crippen LogP) is 4.21. The van der Waals surface area contributed by atoms with Gasteiger partial charge in [0.1, 0.15) is 5.75 Å². The maximum absolute atomic E-state index is 12.3. The first-order chi connectivity index (χ1) is 11.5. The first-order valence-corrected chi connectivity index (χ1v) is 8.54. The normalized spacial score (nSPS) is 13.2. The summed E-state index contributed by atoms with van der Waals surface area (Å²) in [4.78, 5) is 12.3. The van der Waals surface area contributed by atoms with Gasteiger partial charge in [0.25, 0.3) is 5.91 Å². The molecule has 2 aromatic carbocycles. The molecule has 2 rings (SSSR count). The van der Waals surface area contributed by atoms with Crippen molar-refractivity contribution in [1.82, 2.24) is 5.32 Å². The molecule has 128 valence electrons. The van der Waals surface area contributed by atoms with Crippen LogP contribution in [0.25, 0.3) is 0 Å². The lowest BCUT2D eigenvalue weighted by Gasteiger charge is -2.20. The van der Waals surface area contributed by atoms with Gasteiger partial charge in [-0.2, -0.15) is 0 Å². The molecule has 0 unspecified atom stereocenters. The van der Waals surface area contributed by atoms with Crippen LogP contribution in [0.15, 0.2) is 48.5 Å². The van der Waals surface area contributed by atoms with Gasteiger partial charge in [-0.1, -0.05) is 42.5 Å². The van der Waals surface area contributed by atoms with E-state index in [2.05, 4.69) is 17.4 Å². The van der Waals surface area contributed by atoms with E-state index in [-0.39, 0.29) is 11.9 Å². The standard InChI is InChI=1S/C21H27NO2/c1-15-9-8-12-20(17(15)3)24-18(4)21(23)22-16(2)13-14-19-10-6-5-7-11-19/h5-12,16,18H,13-14H2,1-4H3,(H,22,23)/t16-,18-/m1/s1. The van der Waals surface area contributed by atoms with Crippen molar-refractivity contribution in [3.8, 4) is 5.75 Å². The Labute approximate surface area is 145 Å². The lowest BCUT2D eigenvalue weighted by molar-refractivity contribution is -0.127. The van der Waals surface area contributed by atoms with Gasteiger partial charge in [-0.3, -0.25) is 4.79 Å². The van der Waals surface area contributed by atoms with Gasteiger partial charge in [0.2, 0.25) is 0 Å². The van der Waals surface area contributed by atoms with E-state index < -0.39 is 6.10 Å². The molecule has 0 radical (unpaired) electrons. The number of nitrogens with one attached hydrogen (secondary N) is 1. The summed E-state index contributed by atoms with van der Waals surface area (Å²) in [5.41, 5.74) is 3.53. The Morgan fingerprint density at radius 1 is 1.04 bits per heavy atom. The molecular formula is C21H27NO2. The lowest BCUT2D eigenvalue weighted by Crippen LogP contribution is -2.41. The highest BCUT2D eigenvalue weighted by Gasteiger charge is 2.17. The maximum Gasteiger partial charge on any atom is 0.260 e. The molecule has 0 spiro atoms. The minimum atomic E-state index is -0.510. The summed E-state index contributed by atoms with van der Waals surface area (Å²) in [6, 6.07) is 16.3. The van der Waals surface area contributed by atoms with Crippen molar-refractivity contribution in [1.29, 1.82) is 0 Å². The summed E-state index contributed by atoms with van der Waals surface area (Å²) in [6.07, 6.45) is 1.35. The quantitative estimate of drug-likeness (QED) is 0.828. The van der Waals surface area contributed by atoms with Crippen molar-refractivity contribution in [2.24, 2.45) is 0 Å². The molecule has 24 heavy (non-hydrogen) atoms. The zero-order chi connectivity index (χ0) is 17.5. The van der Waals surface area contributed by atoms with Crippen LogP contribution in [0.1, 0.15) is 37.0 Å². The fraction of sp³-hybridized carbons (Fsp3) is 0.381. The molecule has 1 amide bonds. The molecule has 0 aromatic heterocycles. The molecule has 2 atom stereocenters. The van der Waals surface area contributed by atoms with Crippen LogP contribution in [-0.2, 0) is 11.2 Å². The van der Waals surface area contributed by atoms with Gasteiger partial charge in [-0.05, 0) is 63.3 Å². The largest absolute Gasteiger partial charge is 0.481 e. The molecule has 1 N–H and O–H groups in total. The molecule has 0 aliphatic carbocycles. The van der Waals surface area contributed by atoms with Crippen LogP contribution in [-0.4, -0.2) is 18.1 Å². The Morgan fingerprint density at radius 3 is 2.46 bits per heavy atom. The summed E-state index contributed by atoms with van der Waals surface area (Å²) >= 11 is 0. The molecule has 0 fully saturated rings. The topological polar surface area (TPSA) is 38.3 Å². The summed E-state index contributed by atoms with van der Waals surface area (Å²) in [7, 11) is 0. The number of hydrogen-bond donors (Lipinski definition) is 1. The third-order valence-corrected chi connectivity index (χ3v) is 4.33. The molecule has 2 aromatic rings. The molecule has 0 aliphatic heterocycles. The highest BCUT2D eigenvalue weighted by atomic mass is 16.5. The first kappa shape index (κ1) is 18.1. The fourth-order valence-electron chi connectivity index (χ4n) is 2.56. The van der Waals surface area contributed by atoms with Crippen LogP contribution in [0.4, 0.5) is 0 Å². The monoisotopic (exact) mass is 325 g/mol. The minimum absolute atomic E-state index is 0.0727. The second kappa shape index (κ2) is 8.53. The Bertz CT molecular complexity index is 667. The van der Waals surface area contributed by atoms with E-state index in [1.165, 1.54) is 5.56 Å². The predicted molar refractivity (Wildman–Crippen MR) is 98.4 cm³/mol. The Morgan fingerprint density at radius 2 is 1.75 bits per heavy atom. The summed E-state index contributed by atoms with van der Waals surface area (Å²) < 4.78 is 5.84. The number of amides is 1. The summed E-state index contributed by atoms with van der Waals surface area (Å²) in [5.74, 6) is 0.700. The lowest BCUT2D eigenvalue weighted by atomic mass is 10.1. The van der Waals surface area contributed by atoms with Gasteiger partial charge >= 0.3 is 0 Å². The van der Waals surface area contributed by atoms with Gasteiger partial charge in [-0.15, -0.1) is 0 Å². The highest BCUT2D eigenvalue weighted by Crippen LogP contribution is 2.21. The Hall–Kier alpha value is -2.29.